The lowest BCUT2D eigenvalue weighted by Crippen LogP contribution is -2.59. The molecule has 1 aliphatic rings. The van der Waals surface area contributed by atoms with E-state index in [1.54, 1.807) is 0 Å². The molecule has 2 amide bonds. The van der Waals surface area contributed by atoms with Crippen LogP contribution in [0.5, 0.6) is 0 Å². The summed E-state index contributed by atoms with van der Waals surface area (Å²) >= 11 is 0. The quantitative estimate of drug-likeness (QED) is 0.772. The van der Waals surface area contributed by atoms with Gasteiger partial charge in [0.2, 0.25) is 5.54 Å². The number of benzene rings is 1. The van der Waals surface area contributed by atoms with E-state index >= 15 is 0 Å². The Morgan fingerprint density at radius 3 is 2.66 bits per heavy atom. The highest BCUT2D eigenvalue weighted by Crippen LogP contribution is 2.44. The SMILES string of the molecule is CC(C)CC#C[C@@]1(C(F)(F)F)NC(=O)Nc2cc(Cn3cnccc3=O)ccc21. The summed E-state index contributed by atoms with van der Waals surface area (Å²) < 4.78 is 43.5. The summed E-state index contributed by atoms with van der Waals surface area (Å²) in [6.45, 7) is 3.79. The number of rotatable bonds is 3. The van der Waals surface area contributed by atoms with Gasteiger partial charge >= 0.3 is 12.2 Å². The van der Waals surface area contributed by atoms with Gasteiger partial charge in [0, 0.05) is 29.9 Å². The number of urea groups is 1. The van der Waals surface area contributed by atoms with Crippen molar-refractivity contribution in [2.45, 2.75) is 38.5 Å². The number of carbonyl (C=O) groups is 1. The van der Waals surface area contributed by atoms with Crippen molar-refractivity contribution in [2.24, 2.45) is 5.92 Å². The molecule has 2 heterocycles. The maximum atomic E-state index is 14.1. The third-order valence-electron chi connectivity index (χ3n) is 4.39. The van der Waals surface area contributed by atoms with Crippen LogP contribution in [-0.2, 0) is 12.1 Å². The maximum absolute atomic E-state index is 14.1. The fourth-order valence-corrected chi connectivity index (χ4v) is 2.99. The van der Waals surface area contributed by atoms with Crippen molar-refractivity contribution in [1.82, 2.24) is 14.9 Å². The zero-order valence-electron chi connectivity index (χ0n) is 15.8. The van der Waals surface area contributed by atoms with Crippen molar-refractivity contribution in [2.75, 3.05) is 5.32 Å². The van der Waals surface area contributed by atoms with E-state index in [1.165, 1.54) is 41.4 Å². The average molecular weight is 404 g/mol. The molecule has 0 bridgehead atoms. The Morgan fingerprint density at radius 2 is 2.00 bits per heavy atom. The Hall–Kier alpha value is -3.28. The van der Waals surface area contributed by atoms with Crippen LogP contribution in [0, 0.1) is 17.8 Å². The summed E-state index contributed by atoms with van der Waals surface area (Å²) in [5.74, 6) is 4.91. The number of hydrogen-bond donors (Lipinski definition) is 2. The Labute approximate surface area is 165 Å². The Morgan fingerprint density at radius 1 is 1.24 bits per heavy atom. The molecule has 0 saturated heterocycles. The number of nitrogens with one attached hydrogen (secondary N) is 2. The minimum absolute atomic E-state index is 0.000591. The third-order valence-corrected chi connectivity index (χ3v) is 4.39. The molecule has 1 atom stereocenters. The van der Waals surface area contributed by atoms with Crippen molar-refractivity contribution >= 4 is 11.7 Å². The van der Waals surface area contributed by atoms with Gasteiger partial charge in [-0.1, -0.05) is 37.8 Å². The predicted molar refractivity (Wildman–Crippen MR) is 101 cm³/mol. The number of alkyl halides is 3. The number of carbonyl (C=O) groups excluding carboxylic acids is 1. The van der Waals surface area contributed by atoms with Gasteiger partial charge in [0.15, 0.2) is 0 Å². The van der Waals surface area contributed by atoms with E-state index in [2.05, 4.69) is 22.1 Å². The molecule has 9 heteroatoms. The molecule has 1 aromatic heterocycles. The van der Waals surface area contributed by atoms with Gasteiger partial charge in [0.1, 0.15) is 0 Å². The van der Waals surface area contributed by atoms with Crippen LogP contribution < -0.4 is 16.2 Å². The Kier molecular flexibility index (Phi) is 5.38. The number of aromatic nitrogens is 2. The average Bonchev–Trinajstić information content (AvgIpc) is 2.62. The first kappa shape index (κ1) is 20.5. The second-order valence-corrected chi connectivity index (χ2v) is 7.15. The predicted octanol–water partition coefficient (Wildman–Crippen LogP) is 3.23. The molecule has 2 N–H and O–H groups in total. The molecule has 2 aromatic rings. The molecule has 0 spiro atoms. The van der Waals surface area contributed by atoms with Crippen molar-refractivity contribution in [3.8, 4) is 11.8 Å². The van der Waals surface area contributed by atoms with Gasteiger partial charge in [-0.05, 0) is 17.5 Å². The fourth-order valence-electron chi connectivity index (χ4n) is 2.99. The summed E-state index contributed by atoms with van der Waals surface area (Å²) in [6.07, 6.45) is -1.88. The van der Waals surface area contributed by atoms with Gasteiger partial charge in [-0.15, -0.1) is 0 Å². The Bertz CT molecular complexity index is 1050. The van der Waals surface area contributed by atoms with Crippen LogP contribution in [0.25, 0.3) is 0 Å². The summed E-state index contributed by atoms with van der Waals surface area (Å²) in [5.41, 5.74) is -2.76. The second kappa shape index (κ2) is 7.62. The molecule has 1 aromatic carbocycles. The van der Waals surface area contributed by atoms with Crippen molar-refractivity contribution in [1.29, 1.82) is 0 Å². The molecule has 0 fully saturated rings. The van der Waals surface area contributed by atoms with E-state index in [-0.39, 0.29) is 35.7 Å². The largest absolute Gasteiger partial charge is 0.427 e. The van der Waals surface area contributed by atoms with Crippen LogP contribution in [0.15, 0.2) is 41.6 Å². The van der Waals surface area contributed by atoms with Crippen LogP contribution in [0.3, 0.4) is 0 Å². The molecule has 152 valence electrons. The zero-order chi connectivity index (χ0) is 21.2. The normalized spacial score (nSPS) is 18.3. The zero-order valence-corrected chi connectivity index (χ0v) is 15.8. The summed E-state index contributed by atoms with van der Waals surface area (Å²) in [5, 5.41) is 4.37. The number of hydrogen-bond acceptors (Lipinski definition) is 3. The topological polar surface area (TPSA) is 76.0 Å². The van der Waals surface area contributed by atoms with Crippen LogP contribution in [-0.4, -0.2) is 21.8 Å². The van der Waals surface area contributed by atoms with E-state index in [0.717, 1.165) is 0 Å². The highest BCUT2D eigenvalue weighted by Gasteiger charge is 2.59. The van der Waals surface area contributed by atoms with Crippen molar-refractivity contribution < 1.29 is 18.0 Å². The lowest BCUT2D eigenvalue weighted by atomic mass is 9.85. The first-order valence-electron chi connectivity index (χ1n) is 8.92. The summed E-state index contributed by atoms with van der Waals surface area (Å²) in [6, 6.07) is 4.45. The maximum Gasteiger partial charge on any atom is 0.427 e. The van der Waals surface area contributed by atoms with Gasteiger partial charge in [-0.3, -0.25) is 9.36 Å². The minimum atomic E-state index is -4.83. The van der Waals surface area contributed by atoms with Crippen LogP contribution >= 0.6 is 0 Å². The third kappa shape index (κ3) is 4.11. The number of anilines is 1. The molecule has 6 nitrogen and oxygen atoms in total. The van der Waals surface area contributed by atoms with E-state index in [0.29, 0.717) is 5.56 Å². The number of amides is 2. The van der Waals surface area contributed by atoms with Gasteiger partial charge < -0.3 is 10.6 Å². The molecule has 0 radical (unpaired) electrons. The van der Waals surface area contributed by atoms with Crippen LogP contribution in [0.2, 0.25) is 0 Å². The fraction of sp³-hybridized carbons (Fsp3) is 0.350. The molecule has 0 aliphatic carbocycles. The van der Waals surface area contributed by atoms with Crippen LogP contribution in [0.4, 0.5) is 23.7 Å². The number of fused-ring (bicyclic) bond motifs is 1. The van der Waals surface area contributed by atoms with Gasteiger partial charge in [-0.25, -0.2) is 9.78 Å². The lowest BCUT2D eigenvalue weighted by molar-refractivity contribution is -0.178. The highest BCUT2D eigenvalue weighted by molar-refractivity contribution is 5.95. The van der Waals surface area contributed by atoms with Crippen LogP contribution in [0.1, 0.15) is 31.4 Å². The lowest BCUT2D eigenvalue weighted by Gasteiger charge is -2.37. The number of nitrogens with zero attached hydrogens (tertiary/aromatic N) is 2. The van der Waals surface area contributed by atoms with Crippen molar-refractivity contribution in [3.63, 3.8) is 0 Å². The smallest absolute Gasteiger partial charge is 0.310 e. The van der Waals surface area contributed by atoms with E-state index in [4.69, 9.17) is 0 Å². The Balaban J connectivity index is 2.07. The number of halogens is 3. The van der Waals surface area contributed by atoms with Gasteiger partial charge in [-0.2, -0.15) is 13.2 Å². The molecule has 29 heavy (non-hydrogen) atoms. The van der Waals surface area contributed by atoms with Gasteiger partial charge in [0.25, 0.3) is 5.56 Å². The standard InChI is InChI=1S/C20H19F3N4O2/c1-13(2)4-3-8-19(20(21,22)23)15-6-5-14(10-16(15)25-18(29)26-19)11-27-12-24-9-7-17(27)28/h5-7,9-10,12-13H,4,11H2,1-2H3,(H2,25,26,29)/t19-/m1/s1. The molecular formula is C20H19F3N4O2. The summed E-state index contributed by atoms with van der Waals surface area (Å²) in [4.78, 5) is 27.8. The van der Waals surface area contributed by atoms with Gasteiger partial charge in [0.05, 0.1) is 12.9 Å². The first-order chi connectivity index (χ1) is 13.6. The minimum Gasteiger partial charge on any atom is -0.310 e. The van der Waals surface area contributed by atoms with Crippen molar-refractivity contribution in [3.05, 3.63) is 58.3 Å². The van der Waals surface area contributed by atoms with E-state index in [1.807, 2.05) is 19.2 Å². The molecule has 1 aliphatic heterocycles. The second-order valence-electron chi connectivity index (χ2n) is 7.15. The van der Waals surface area contributed by atoms with E-state index < -0.39 is 17.7 Å². The molecule has 3 rings (SSSR count). The monoisotopic (exact) mass is 404 g/mol. The molecule has 0 saturated carbocycles. The molecule has 0 unspecified atom stereocenters. The molecular weight excluding hydrogens is 385 g/mol. The first-order valence-corrected chi connectivity index (χ1v) is 8.92. The van der Waals surface area contributed by atoms with E-state index in [9.17, 15) is 22.8 Å². The summed E-state index contributed by atoms with van der Waals surface area (Å²) in [7, 11) is 0. The highest BCUT2D eigenvalue weighted by atomic mass is 19.4.